The van der Waals surface area contributed by atoms with Crippen molar-refractivity contribution in [3.63, 3.8) is 0 Å². The van der Waals surface area contributed by atoms with Crippen LogP contribution in [0.3, 0.4) is 0 Å². The topological polar surface area (TPSA) is 22.4 Å². The summed E-state index contributed by atoms with van der Waals surface area (Å²) < 4.78 is 12.0. The summed E-state index contributed by atoms with van der Waals surface area (Å²) in [6.45, 7) is 0.549. The van der Waals surface area contributed by atoms with Gasteiger partial charge in [0.2, 0.25) is 0 Å². The highest BCUT2D eigenvalue weighted by atomic mass is 16.5. The van der Waals surface area contributed by atoms with Gasteiger partial charge in [0, 0.05) is 16.5 Å². The maximum absolute atomic E-state index is 6.10. The molecule has 0 radical (unpaired) electrons. The van der Waals surface area contributed by atoms with Gasteiger partial charge in [0.15, 0.2) is 0 Å². The Morgan fingerprint density at radius 1 is 1.05 bits per heavy atom. The van der Waals surface area contributed by atoms with Crippen LogP contribution in [0.1, 0.15) is 11.1 Å². The van der Waals surface area contributed by atoms with Crippen molar-refractivity contribution < 1.29 is 9.15 Å². The lowest BCUT2D eigenvalue weighted by atomic mass is 10.00. The largest absolute Gasteiger partial charge is 0.488 e. The summed E-state index contributed by atoms with van der Waals surface area (Å²) in [6, 6.07) is 14.3. The summed E-state index contributed by atoms with van der Waals surface area (Å²) in [5, 5.41) is 1.12. The average Bonchev–Trinajstić information content (AvgIpc) is 3.22. The van der Waals surface area contributed by atoms with E-state index in [-0.39, 0.29) is 0 Å². The third-order valence-corrected chi connectivity index (χ3v) is 4.20. The van der Waals surface area contributed by atoms with Gasteiger partial charge in [-0.3, -0.25) is 0 Å². The molecule has 0 unspecified atom stereocenters. The first-order valence-corrected chi connectivity index (χ1v) is 7.31. The van der Waals surface area contributed by atoms with Crippen LogP contribution >= 0.6 is 0 Å². The van der Waals surface area contributed by atoms with Gasteiger partial charge in [-0.25, -0.2) is 0 Å². The van der Waals surface area contributed by atoms with Crippen LogP contribution in [0.25, 0.3) is 27.9 Å². The van der Waals surface area contributed by atoms with Crippen molar-refractivity contribution in [2.45, 2.75) is 6.61 Å². The second-order valence-corrected chi connectivity index (χ2v) is 5.49. The molecule has 0 saturated heterocycles. The molecule has 1 aliphatic carbocycles. The highest BCUT2D eigenvalue weighted by molar-refractivity contribution is 5.93. The predicted octanol–water partition coefficient (Wildman–Crippen LogP) is 5.10. The molecule has 1 aliphatic heterocycles. The number of allylic oxidation sites excluding steroid dienone is 3. The number of rotatable bonds is 1. The Hall–Kier alpha value is -2.96. The molecule has 3 aromatic rings. The Bertz CT molecular complexity index is 1010. The third-order valence-electron chi connectivity index (χ3n) is 4.20. The lowest BCUT2D eigenvalue weighted by Crippen LogP contribution is -2.03. The van der Waals surface area contributed by atoms with Gasteiger partial charge in [-0.2, -0.15) is 0 Å². The third kappa shape index (κ3) is 1.56. The maximum Gasteiger partial charge on any atom is 0.145 e. The molecule has 0 amide bonds. The highest BCUT2D eigenvalue weighted by Crippen LogP contribution is 2.42. The summed E-state index contributed by atoms with van der Waals surface area (Å²) in [6.07, 6.45) is 6.01. The van der Waals surface area contributed by atoms with E-state index in [0.29, 0.717) is 6.61 Å². The second-order valence-electron chi connectivity index (χ2n) is 5.49. The van der Waals surface area contributed by atoms with Gasteiger partial charge >= 0.3 is 0 Å². The molecule has 0 bridgehead atoms. The fraction of sp³-hybridized carbons (Fsp3) is 0.0500. The van der Waals surface area contributed by atoms with Gasteiger partial charge in [0.25, 0.3) is 0 Å². The number of para-hydroxylation sites is 1. The molecule has 2 nitrogen and oxygen atoms in total. The molecule has 104 valence electrons. The molecule has 2 heteroatoms. The Balaban J connectivity index is 1.77. The number of ether oxygens (including phenoxy) is 1. The van der Waals surface area contributed by atoms with Gasteiger partial charge in [-0.05, 0) is 42.0 Å². The van der Waals surface area contributed by atoms with Crippen molar-refractivity contribution in [3.05, 3.63) is 77.6 Å². The zero-order chi connectivity index (χ0) is 14.5. The van der Waals surface area contributed by atoms with E-state index in [0.717, 1.165) is 44.7 Å². The van der Waals surface area contributed by atoms with Crippen molar-refractivity contribution in [2.24, 2.45) is 0 Å². The lowest BCUT2D eigenvalue weighted by Gasteiger charge is -2.16. The summed E-state index contributed by atoms with van der Waals surface area (Å²) >= 11 is 0. The molecule has 2 heterocycles. The Morgan fingerprint density at radius 3 is 2.91 bits per heavy atom. The Labute approximate surface area is 127 Å². The number of hydrogen-bond acceptors (Lipinski definition) is 2. The van der Waals surface area contributed by atoms with Crippen molar-refractivity contribution in [1.29, 1.82) is 0 Å². The van der Waals surface area contributed by atoms with Crippen molar-refractivity contribution >= 4 is 16.5 Å². The van der Waals surface area contributed by atoms with E-state index in [1.807, 2.05) is 42.5 Å². The van der Waals surface area contributed by atoms with Gasteiger partial charge in [-0.15, -0.1) is 5.73 Å². The first-order chi connectivity index (χ1) is 10.9. The molecule has 22 heavy (non-hydrogen) atoms. The maximum atomic E-state index is 6.10. The standard InChI is InChI=1S/C20H12O2/c1-2-6-13(5-1)14-9-10-19-16(11-14)17-12-21-18-8-4-3-7-15(18)20(17)22-19/h1-5,7-11H,12H2. The second kappa shape index (κ2) is 4.27. The van der Waals surface area contributed by atoms with Crippen molar-refractivity contribution in [3.8, 4) is 17.1 Å². The minimum Gasteiger partial charge on any atom is -0.488 e. The normalized spacial score (nSPS) is 14.6. The summed E-state index contributed by atoms with van der Waals surface area (Å²) in [7, 11) is 0. The Morgan fingerprint density at radius 2 is 2.00 bits per heavy atom. The molecule has 1 aromatic heterocycles. The van der Waals surface area contributed by atoms with Crippen LogP contribution in [-0.2, 0) is 6.61 Å². The monoisotopic (exact) mass is 284 g/mol. The van der Waals surface area contributed by atoms with Gasteiger partial charge < -0.3 is 9.15 Å². The van der Waals surface area contributed by atoms with E-state index < -0.39 is 0 Å². The smallest absolute Gasteiger partial charge is 0.145 e. The van der Waals surface area contributed by atoms with E-state index in [2.05, 4.69) is 23.9 Å². The number of fused-ring (bicyclic) bond motifs is 5. The molecule has 2 aromatic carbocycles. The fourth-order valence-electron chi connectivity index (χ4n) is 3.12. The van der Waals surface area contributed by atoms with E-state index in [1.54, 1.807) is 0 Å². The minimum absolute atomic E-state index is 0.549. The average molecular weight is 284 g/mol. The van der Waals surface area contributed by atoms with Gasteiger partial charge in [0.05, 0.1) is 5.56 Å². The molecule has 0 atom stereocenters. The minimum atomic E-state index is 0.549. The predicted molar refractivity (Wildman–Crippen MR) is 86.6 cm³/mol. The zero-order valence-corrected chi connectivity index (χ0v) is 11.8. The van der Waals surface area contributed by atoms with Crippen molar-refractivity contribution in [2.75, 3.05) is 0 Å². The molecular formula is C20H12O2. The van der Waals surface area contributed by atoms with E-state index >= 15 is 0 Å². The van der Waals surface area contributed by atoms with Crippen LogP contribution < -0.4 is 4.74 Å². The molecular weight excluding hydrogens is 272 g/mol. The molecule has 0 saturated carbocycles. The molecule has 0 spiro atoms. The zero-order valence-electron chi connectivity index (χ0n) is 11.8. The quantitative estimate of drug-likeness (QED) is 0.580. The van der Waals surface area contributed by atoms with Crippen molar-refractivity contribution in [1.82, 2.24) is 0 Å². The van der Waals surface area contributed by atoms with Crippen LogP contribution in [0.4, 0.5) is 0 Å². The Kier molecular flexibility index (Phi) is 2.26. The van der Waals surface area contributed by atoms with Gasteiger partial charge in [-0.1, -0.05) is 24.3 Å². The first-order valence-electron chi connectivity index (χ1n) is 7.31. The number of furan rings is 1. The van der Waals surface area contributed by atoms with E-state index in [1.165, 1.54) is 0 Å². The lowest BCUT2D eigenvalue weighted by molar-refractivity contribution is 0.300. The summed E-state index contributed by atoms with van der Waals surface area (Å²) in [4.78, 5) is 0. The van der Waals surface area contributed by atoms with Gasteiger partial charge in [0.1, 0.15) is 23.7 Å². The first kappa shape index (κ1) is 11.7. The molecule has 0 N–H and O–H groups in total. The van der Waals surface area contributed by atoms with Crippen LogP contribution in [0.5, 0.6) is 5.75 Å². The number of hydrogen-bond donors (Lipinski definition) is 0. The van der Waals surface area contributed by atoms with Crippen LogP contribution in [0, 0.1) is 0 Å². The SMILES string of the molecule is C1=CC=CC=1c1ccc2oc3c(c2c1)COc1ccccc1-3. The number of benzene rings is 2. The molecule has 0 fully saturated rings. The van der Waals surface area contributed by atoms with E-state index in [4.69, 9.17) is 9.15 Å². The summed E-state index contributed by atoms with van der Waals surface area (Å²) in [5.41, 5.74) is 8.56. The van der Waals surface area contributed by atoms with Crippen LogP contribution in [-0.4, -0.2) is 0 Å². The fourth-order valence-corrected chi connectivity index (χ4v) is 3.12. The van der Waals surface area contributed by atoms with Crippen LogP contribution in [0.2, 0.25) is 0 Å². The molecule has 2 aliphatic rings. The summed E-state index contributed by atoms with van der Waals surface area (Å²) in [5.74, 6) is 1.82. The highest BCUT2D eigenvalue weighted by Gasteiger charge is 2.23. The van der Waals surface area contributed by atoms with Crippen LogP contribution in [0.15, 0.2) is 70.8 Å². The van der Waals surface area contributed by atoms with E-state index in [9.17, 15) is 0 Å². The molecule has 5 rings (SSSR count).